The van der Waals surface area contributed by atoms with Gasteiger partial charge in [0.15, 0.2) is 0 Å². The van der Waals surface area contributed by atoms with Crippen LogP contribution >= 0.6 is 0 Å². The Balaban J connectivity index is 2.54. The van der Waals surface area contributed by atoms with Gasteiger partial charge in [0.05, 0.1) is 6.61 Å². The number of hydrogen-bond acceptors (Lipinski definition) is 3. The van der Waals surface area contributed by atoms with Crippen molar-refractivity contribution in [3.63, 3.8) is 0 Å². The second kappa shape index (κ2) is 8.46. The largest absolute Gasteiger partial charge is 0.465 e. The van der Waals surface area contributed by atoms with Crippen LogP contribution in [0, 0.1) is 5.92 Å². The lowest BCUT2D eigenvalue weighted by Crippen LogP contribution is -2.26. The molecule has 0 heterocycles. The van der Waals surface area contributed by atoms with Crippen LogP contribution in [-0.2, 0) is 20.7 Å². The Bertz CT molecular complexity index is 398. The lowest BCUT2D eigenvalue weighted by Gasteiger charge is -2.13. The van der Waals surface area contributed by atoms with E-state index in [4.69, 9.17) is 4.74 Å². The van der Waals surface area contributed by atoms with Crippen molar-refractivity contribution in [1.29, 1.82) is 0 Å². The van der Waals surface area contributed by atoms with Crippen molar-refractivity contribution in [1.82, 2.24) is 0 Å². The van der Waals surface area contributed by atoms with Crippen molar-refractivity contribution in [2.75, 3.05) is 6.61 Å². The highest BCUT2D eigenvalue weighted by molar-refractivity contribution is 5.99. The smallest absolute Gasteiger partial charge is 0.316 e. The van der Waals surface area contributed by atoms with Gasteiger partial charge in [-0.15, -0.1) is 0 Å². The van der Waals surface area contributed by atoms with Gasteiger partial charge in [-0.2, -0.15) is 0 Å². The highest BCUT2D eigenvalue weighted by Crippen LogP contribution is 2.14. The summed E-state index contributed by atoms with van der Waals surface area (Å²) in [5, 5.41) is 0. The van der Waals surface area contributed by atoms with E-state index in [1.165, 1.54) is 0 Å². The second-order valence-electron chi connectivity index (χ2n) is 4.55. The molecule has 19 heavy (non-hydrogen) atoms. The van der Waals surface area contributed by atoms with E-state index in [1.807, 2.05) is 37.3 Å². The van der Waals surface area contributed by atoms with Crippen molar-refractivity contribution in [2.24, 2.45) is 5.92 Å². The summed E-state index contributed by atoms with van der Waals surface area (Å²) in [6.45, 7) is 4.05. The summed E-state index contributed by atoms with van der Waals surface area (Å²) in [5.74, 6) is -0.972. The molecule has 1 aromatic rings. The van der Waals surface area contributed by atoms with Gasteiger partial charge in [0.1, 0.15) is 11.7 Å². The van der Waals surface area contributed by atoms with Crippen LogP contribution in [0.25, 0.3) is 0 Å². The number of Topliss-reactive ketones (excluding diaryl/α,β-unsaturated/α-hetero) is 1. The Morgan fingerprint density at radius 3 is 2.42 bits per heavy atom. The minimum Gasteiger partial charge on any atom is -0.465 e. The predicted octanol–water partition coefficient (Wildman–Crippen LogP) is 3.17. The van der Waals surface area contributed by atoms with E-state index in [0.717, 1.165) is 12.0 Å². The maximum absolute atomic E-state index is 12.1. The van der Waals surface area contributed by atoms with E-state index in [2.05, 4.69) is 0 Å². The number of carbonyl (C=O) groups excluding carboxylic acids is 2. The highest BCUT2D eigenvalue weighted by atomic mass is 16.5. The van der Waals surface area contributed by atoms with Gasteiger partial charge in [-0.3, -0.25) is 9.59 Å². The summed E-state index contributed by atoms with van der Waals surface area (Å²) < 4.78 is 4.97. The molecule has 1 atom stereocenters. The molecule has 0 saturated carbocycles. The first-order valence-corrected chi connectivity index (χ1v) is 6.92. The molecule has 0 radical (unpaired) electrons. The lowest BCUT2D eigenvalue weighted by atomic mass is 9.94. The van der Waals surface area contributed by atoms with Gasteiger partial charge >= 0.3 is 5.97 Å². The maximum Gasteiger partial charge on any atom is 0.316 e. The standard InChI is InChI=1S/C16H22O3/c1-3-8-14(16(18)19-4-2)15(17)12-11-13-9-6-5-7-10-13/h5-7,9-10,14H,3-4,8,11-12H2,1-2H3. The first-order chi connectivity index (χ1) is 9.19. The molecule has 0 spiro atoms. The molecule has 1 aromatic carbocycles. The highest BCUT2D eigenvalue weighted by Gasteiger charge is 2.26. The van der Waals surface area contributed by atoms with Gasteiger partial charge in [0.2, 0.25) is 0 Å². The van der Waals surface area contributed by atoms with Crippen LogP contribution in [0.2, 0.25) is 0 Å². The molecule has 1 unspecified atom stereocenters. The minimum atomic E-state index is -0.589. The van der Waals surface area contributed by atoms with Gasteiger partial charge in [0, 0.05) is 6.42 Å². The average Bonchev–Trinajstić information content (AvgIpc) is 2.43. The third-order valence-electron chi connectivity index (χ3n) is 3.04. The second-order valence-corrected chi connectivity index (χ2v) is 4.55. The van der Waals surface area contributed by atoms with Crippen LogP contribution in [0.1, 0.15) is 38.7 Å². The van der Waals surface area contributed by atoms with Crippen LogP contribution in [0.15, 0.2) is 30.3 Å². The molecule has 0 amide bonds. The number of aryl methyl sites for hydroxylation is 1. The summed E-state index contributed by atoms with van der Waals surface area (Å²) in [6.07, 6.45) is 2.46. The third kappa shape index (κ3) is 5.25. The molecular formula is C16H22O3. The van der Waals surface area contributed by atoms with Crippen LogP contribution in [-0.4, -0.2) is 18.4 Å². The molecule has 3 heteroatoms. The van der Waals surface area contributed by atoms with E-state index < -0.39 is 5.92 Å². The molecule has 1 rings (SSSR count). The number of hydrogen-bond donors (Lipinski definition) is 0. The Morgan fingerprint density at radius 1 is 1.16 bits per heavy atom. The van der Waals surface area contributed by atoms with Crippen LogP contribution in [0.4, 0.5) is 0 Å². The van der Waals surface area contributed by atoms with Crippen molar-refractivity contribution in [3.8, 4) is 0 Å². The Kier molecular flexibility index (Phi) is 6.86. The van der Waals surface area contributed by atoms with Gasteiger partial charge < -0.3 is 4.74 Å². The molecule has 0 N–H and O–H groups in total. The zero-order valence-electron chi connectivity index (χ0n) is 11.7. The molecule has 0 aromatic heterocycles. The molecule has 0 fully saturated rings. The summed E-state index contributed by atoms with van der Waals surface area (Å²) >= 11 is 0. The van der Waals surface area contributed by atoms with E-state index in [1.54, 1.807) is 6.92 Å². The maximum atomic E-state index is 12.1. The number of ether oxygens (including phenoxy) is 1. The van der Waals surface area contributed by atoms with Crippen LogP contribution in [0.5, 0.6) is 0 Å². The number of benzene rings is 1. The SMILES string of the molecule is CCCC(C(=O)CCc1ccccc1)C(=O)OCC. The first-order valence-electron chi connectivity index (χ1n) is 6.92. The van der Waals surface area contributed by atoms with Gasteiger partial charge in [-0.25, -0.2) is 0 Å². The van der Waals surface area contributed by atoms with Crippen LogP contribution in [0.3, 0.4) is 0 Å². The average molecular weight is 262 g/mol. The van der Waals surface area contributed by atoms with Crippen LogP contribution < -0.4 is 0 Å². The third-order valence-corrected chi connectivity index (χ3v) is 3.04. The van der Waals surface area contributed by atoms with Crippen molar-refractivity contribution >= 4 is 11.8 Å². The van der Waals surface area contributed by atoms with E-state index in [-0.39, 0.29) is 11.8 Å². The quantitative estimate of drug-likeness (QED) is 0.534. The van der Waals surface area contributed by atoms with Crippen molar-refractivity contribution in [2.45, 2.75) is 39.5 Å². The fourth-order valence-electron chi connectivity index (χ4n) is 2.03. The van der Waals surface area contributed by atoms with Crippen molar-refractivity contribution < 1.29 is 14.3 Å². The summed E-state index contributed by atoms with van der Waals surface area (Å²) in [6, 6.07) is 9.84. The fourth-order valence-corrected chi connectivity index (χ4v) is 2.03. The number of rotatable bonds is 8. The summed E-state index contributed by atoms with van der Waals surface area (Å²) in [5.41, 5.74) is 1.12. The molecule has 0 aliphatic heterocycles. The molecule has 0 aliphatic carbocycles. The number of ketones is 1. The summed E-state index contributed by atoms with van der Waals surface area (Å²) in [4.78, 5) is 23.9. The zero-order chi connectivity index (χ0) is 14.1. The van der Waals surface area contributed by atoms with E-state index in [9.17, 15) is 9.59 Å². The Labute approximate surface area is 115 Å². The molecular weight excluding hydrogens is 240 g/mol. The Morgan fingerprint density at radius 2 is 1.84 bits per heavy atom. The summed E-state index contributed by atoms with van der Waals surface area (Å²) in [7, 11) is 0. The molecule has 0 bridgehead atoms. The first kappa shape index (κ1) is 15.4. The van der Waals surface area contributed by atoms with E-state index in [0.29, 0.717) is 25.9 Å². The number of carbonyl (C=O) groups is 2. The number of esters is 1. The zero-order valence-corrected chi connectivity index (χ0v) is 11.7. The van der Waals surface area contributed by atoms with E-state index >= 15 is 0 Å². The molecule has 3 nitrogen and oxygen atoms in total. The Hall–Kier alpha value is -1.64. The van der Waals surface area contributed by atoms with Gasteiger partial charge in [-0.1, -0.05) is 43.7 Å². The lowest BCUT2D eigenvalue weighted by molar-refractivity contribution is -0.151. The minimum absolute atomic E-state index is 0.0100. The van der Waals surface area contributed by atoms with Crippen molar-refractivity contribution in [3.05, 3.63) is 35.9 Å². The normalized spacial score (nSPS) is 11.9. The molecule has 104 valence electrons. The van der Waals surface area contributed by atoms with Gasteiger partial charge in [-0.05, 0) is 25.3 Å². The fraction of sp³-hybridized carbons (Fsp3) is 0.500. The topological polar surface area (TPSA) is 43.4 Å². The molecule has 0 saturated heterocycles. The predicted molar refractivity (Wildman–Crippen MR) is 74.8 cm³/mol. The monoisotopic (exact) mass is 262 g/mol. The molecule has 0 aliphatic rings. The van der Waals surface area contributed by atoms with Gasteiger partial charge in [0.25, 0.3) is 0 Å².